The summed E-state index contributed by atoms with van der Waals surface area (Å²) in [6.45, 7) is 3.75. The Balaban J connectivity index is 2.09. The van der Waals surface area contributed by atoms with Crippen molar-refractivity contribution in [3.63, 3.8) is 0 Å². The third-order valence-electron chi connectivity index (χ3n) is 2.73. The van der Waals surface area contributed by atoms with Gasteiger partial charge < -0.3 is 5.73 Å². The maximum absolute atomic E-state index is 12.0. The van der Waals surface area contributed by atoms with Crippen molar-refractivity contribution < 1.29 is 4.79 Å². The Morgan fingerprint density at radius 1 is 1.10 bits per heavy atom. The predicted octanol–water partition coefficient (Wildman–Crippen LogP) is 3.12. The molecule has 0 bridgehead atoms. The number of carbonyl (C=O) groups is 1. The fourth-order valence-corrected chi connectivity index (χ4v) is 1.84. The van der Waals surface area contributed by atoms with Gasteiger partial charge in [0.2, 0.25) is 5.96 Å². The Hall–Kier alpha value is -2.59. The van der Waals surface area contributed by atoms with Gasteiger partial charge >= 0.3 is 0 Å². The Morgan fingerprint density at radius 2 is 1.71 bits per heavy atom. The first-order valence-corrected chi connectivity index (χ1v) is 6.60. The summed E-state index contributed by atoms with van der Waals surface area (Å²) in [4.78, 5) is 16.1. The van der Waals surface area contributed by atoms with Crippen molar-refractivity contribution in [2.75, 3.05) is 0 Å². The van der Waals surface area contributed by atoms with Crippen molar-refractivity contribution in [1.82, 2.24) is 5.32 Å². The van der Waals surface area contributed by atoms with Gasteiger partial charge in [-0.3, -0.25) is 10.1 Å². The number of carbonyl (C=O) groups excluding carboxylic acids is 1. The SMILES string of the molecule is C=C(C(=O)NC(N)=Nc1ccccc1Cl)c1ccccc1. The number of nitrogens with zero attached hydrogens (tertiary/aromatic N) is 1. The minimum atomic E-state index is -0.408. The molecule has 5 heteroatoms. The number of nitrogens with one attached hydrogen (secondary N) is 1. The monoisotopic (exact) mass is 299 g/mol. The maximum atomic E-state index is 12.0. The topological polar surface area (TPSA) is 67.5 Å². The second-order valence-electron chi connectivity index (χ2n) is 4.25. The van der Waals surface area contributed by atoms with Crippen LogP contribution >= 0.6 is 11.6 Å². The van der Waals surface area contributed by atoms with Gasteiger partial charge in [0.25, 0.3) is 5.91 Å². The highest BCUT2D eigenvalue weighted by Gasteiger charge is 2.10. The molecule has 21 heavy (non-hydrogen) atoms. The number of benzene rings is 2. The van der Waals surface area contributed by atoms with E-state index in [0.717, 1.165) is 5.56 Å². The first-order valence-electron chi connectivity index (χ1n) is 6.22. The van der Waals surface area contributed by atoms with Crippen LogP contribution in [0.2, 0.25) is 5.02 Å². The number of aliphatic imine (C=N–C) groups is 1. The van der Waals surface area contributed by atoms with Crippen molar-refractivity contribution >= 4 is 34.7 Å². The van der Waals surface area contributed by atoms with Crippen LogP contribution in [0.15, 0.2) is 66.2 Å². The lowest BCUT2D eigenvalue weighted by molar-refractivity contribution is -0.114. The Labute approximate surface area is 128 Å². The minimum absolute atomic E-state index is 0.0369. The predicted molar refractivity (Wildman–Crippen MR) is 86.4 cm³/mol. The zero-order chi connectivity index (χ0) is 15.2. The van der Waals surface area contributed by atoms with Gasteiger partial charge in [-0.25, -0.2) is 4.99 Å². The highest BCUT2D eigenvalue weighted by atomic mass is 35.5. The molecular formula is C16H14ClN3O. The Kier molecular flexibility index (Phi) is 4.74. The van der Waals surface area contributed by atoms with Gasteiger partial charge in [0.15, 0.2) is 0 Å². The molecule has 0 aromatic heterocycles. The second kappa shape index (κ2) is 6.72. The summed E-state index contributed by atoms with van der Waals surface area (Å²) >= 11 is 5.97. The molecule has 0 spiro atoms. The van der Waals surface area contributed by atoms with Gasteiger partial charge in [-0.1, -0.05) is 60.6 Å². The van der Waals surface area contributed by atoms with Crippen molar-refractivity contribution in [2.24, 2.45) is 10.7 Å². The number of para-hydroxylation sites is 1. The molecule has 4 nitrogen and oxygen atoms in total. The highest BCUT2D eigenvalue weighted by molar-refractivity contribution is 6.33. The molecule has 0 heterocycles. The third kappa shape index (κ3) is 3.94. The molecule has 3 N–H and O–H groups in total. The minimum Gasteiger partial charge on any atom is -0.369 e. The molecule has 0 atom stereocenters. The number of hydrogen-bond donors (Lipinski definition) is 2. The van der Waals surface area contributed by atoms with E-state index in [1.165, 1.54) is 0 Å². The lowest BCUT2D eigenvalue weighted by atomic mass is 10.1. The molecular weight excluding hydrogens is 286 g/mol. The molecule has 2 aromatic rings. The molecule has 0 aliphatic rings. The van der Waals surface area contributed by atoms with Crippen LogP contribution in [0.25, 0.3) is 5.57 Å². The Morgan fingerprint density at radius 3 is 2.38 bits per heavy atom. The number of hydrogen-bond acceptors (Lipinski definition) is 2. The van der Waals surface area contributed by atoms with E-state index in [2.05, 4.69) is 16.9 Å². The van der Waals surface area contributed by atoms with Crippen molar-refractivity contribution in [3.8, 4) is 0 Å². The fraction of sp³-hybridized carbons (Fsp3) is 0. The molecule has 2 aromatic carbocycles. The molecule has 0 aliphatic heterocycles. The zero-order valence-electron chi connectivity index (χ0n) is 11.2. The molecule has 106 valence electrons. The van der Waals surface area contributed by atoms with E-state index in [1.807, 2.05) is 18.2 Å². The molecule has 1 amide bonds. The van der Waals surface area contributed by atoms with Crippen LogP contribution < -0.4 is 11.1 Å². The summed E-state index contributed by atoms with van der Waals surface area (Å²) in [6.07, 6.45) is 0. The standard InChI is InChI=1S/C16H14ClN3O/c1-11(12-7-3-2-4-8-12)15(21)20-16(18)19-14-10-6-5-9-13(14)17/h2-10H,1H2,(H3,18,19,20,21). The van der Waals surface area contributed by atoms with Gasteiger partial charge in [-0.05, 0) is 17.7 Å². The summed E-state index contributed by atoms with van der Waals surface area (Å²) in [6, 6.07) is 16.1. The third-order valence-corrected chi connectivity index (χ3v) is 3.05. The molecule has 2 rings (SSSR count). The summed E-state index contributed by atoms with van der Waals surface area (Å²) in [5.74, 6) is -0.445. The van der Waals surface area contributed by atoms with Crippen molar-refractivity contribution in [1.29, 1.82) is 0 Å². The summed E-state index contributed by atoms with van der Waals surface area (Å²) in [7, 11) is 0. The molecule has 0 saturated carbocycles. The van der Waals surface area contributed by atoms with Crippen LogP contribution in [0.1, 0.15) is 5.56 Å². The Bertz CT molecular complexity index is 696. The van der Waals surface area contributed by atoms with Crippen molar-refractivity contribution in [2.45, 2.75) is 0 Å². The average Bonchev–Trinajstić information content (AvgIpc) is 2.49. The van der Waals surface area contributed by atoms with Crippen LogP contribution in [0, 0.1) is 0 Å². The first kappa shape index (κ1) is 14.8. The largest absolute Gasteiger partial charge is 0.369 e. The van der Waals surface area contributed by atoms with E-state index in [4.69, 9.17) is 17.3 Å². The molecule has 0 radical (unpaired) electrons. The van der Waals surface area contributed by atoms with E-state index < -0.39 is 5.91 Å². The van der Waals surface area contributed by atoms with Crippen molar-refractivity contribution in [3.05, 3.63) is 71.8 Å². The van der Waals surface area contributed by atoms with E-state index in [1.54, 1.807) is 36.4 Å². The number of guanidine groups is 1. The van der Waals surface area contributed by atoms with E-state index in [9.17, 15) is 4.79 Å². The number of amides is 1. The molecule has 0 saturated heterocycles. The van der Waals surface area contributed by atoms with Crippen LogP contribution in [-0.2, 0) is 4.79 Å². The van der Waals surface area contributed by atoms with Gasteiger partial charge in [0.1, 0.15) is 0 Å². The van der Waals surface area contributed by atoms with Crippen LogP contribution in [0.5, 0.6) is 0 Å². The van der Waals surface area contributed by atoms with E-state index in [0.29, 0.717) is 16.3 Å². The number of halogens is 1. The lowest BCUT2D eigenvalue weighted by Crippen LogP contribution is -2.36. The molecule has 0 unspecified atom stereocenters. The van der Waals surface area contributed by atoms with Gasteiger partial charge in [-0.15, -0.1) is 0 Å². The highest BCUT2D eigenvalue weighted by Crippen LogP contribution is 2.23. The smallest absolute Gasteiger partial charge is 0.257 e. The van der Waals surface area contributed by atoms with Crippen LogP contribution in [0.4, 0.5) is 5.69 Å². The first-order chi connectivity index (χ1) is 10.1. The van der Waals surface area contributed by atoms with Gasteiger partial charge in [-0.2, -0.15) is 0 Å². The van der Waals surface area contributed by atoms with Crippen LogP contribution in [0.3, 0.4) is 0 Å². The van der Waals surface area contributed by atoms with Gasteiger partial charge in [0.05, 0.1) is 10.7 Å². The zero-order valence-corrected chi connectivity index (χ0v) is 12.0. The van der Waals surface area contributed by atoms with E-state index >= 15 is 0 Å². The summed E-state index contributed by atoms with van der Waals surface area (Å²) < 4.78 is 0. The quantitative estimate of drug-likeness (QED) is 0.519. The average molecular weight is 300 g/mol. The summed E-state index contributed by atoms with van der Waals surface area (Å²) in [5, 5.41) is 2.94. The van der Waals surface area contributed by atoms with Crippen LogP contribution in [-0.4, -0.2) is 11.9 Å². The van der Waals surface area contributed by atoms with E-state index in [-0.39, 0.29) is 5.96 Å². The van der Waals surface area contributed by atoms with Gasteiger partial charge in [0, 0.05) is 5.57 Å². The number of rotatable bonds is 3. The maximum Gasteiger partial charge on any atom is 0.257 e. The summed E-state index contributed by atoms with van der Waals surface area (Å²) in [5.41, 5.74) is 7.23. The number of nitrogens with two attached hydrogens (primary N) is 1. The molecule has 0 fully saturated rings. The molecule has 0 aliphatic carbocycles. The normalized spacial score (nSPS) is 11.0. The second-order valence-corrected chi connectivity index (χ2v) is 4.65. The fourth-order valence-electron chi connectivity index (χ4n) is 1.66. The lowest BCUT2D eigenvalue weighted by Gasteiger charge is -2.07.